The fourth-order valence-corrected chi connectivity index (χ4v) is 3.90. The molecule has 1 aliphatic heterocycles. The second-order valence-electron chi connectivity index (χ2n) is 8.15. The number of ketones is 1. The largest absolute Gasteiger partial charge is 0.497 e. The zero-order valence-corrected chi connectivity index (χ0v) is 18.8. The number of methoxy groups -OCH3 is 1. The van der Waals surface area contributed by atoms with Crippen LogP contribution in [-0.4, -0.2) is 48.9 Å². The van der Waals surface area contributed by atoms with Crippen molar-refractivity contribution in [3.05, 3.63) is 59.5 Å². The van der Waals surface area contributed by atoms with E-state index in [0.717, 1.165) is 41.7 Å². The number of ether oxygens (including phenoxy) is 2. The molecule has 0 spiro atoms. The van der Waals surface area contributed by atoms with Crippen LogP contribution < -0.4 is 14.8 Å². The van der Waals surface area contributed by atoms with Gasteiger partial charge in [0.2, 0.25) is 11.7 Å². The van der Waals surface area contributed by atoms with Crippen LogP contribution in [0.2, 0.25) is 0 Å². The Labute approximate surface area is 187 Å². The third kappa shape index (κ3) is 4.38. The molecule has 0 atom stereocenters. The number of fused-ring (bicyclic) bond motifs is 2. The number of Topliss-reactive ketones (excluding diaryl/α,β-unsaturated/α-hetero) is 1. The number of rotatable bonds is 7. The number of hydrogen-bond donors (Lipinski definition) is 1. The van der Waals surface area contributed by atoms with E-state index in [-0.39, 0.29) is 17.4 Å². The van der Waals surface area contributed by atoms with Crippen LogP contribution in [0.25, 0.3) is 17.0 Å². The highest BCUT2D eigenvalue weighted by atomic mass is 16.5. The molecule has 0 fully saturated rings. The van der Waals surface area contributed by atoms with Crippen LogP contribution >= 0.6 is 0 Å². The van der Waals surface area contributed by atoms with Gasteiger partial charge in [-0.2, -0.15) is 0 Å². The summed E-state index contributed by atoms with van der Waals surface area (Å²) < 4.78 is 13.5. The molecule has 1 aliphatic rings. The van der Waals surface area contributed by atoms with Crippen LogP contribution in [0.3, 0.4) is 0 Å². The van der Waals surface area contributed by atoms with Crippen LogP contribution in [0.5, 0.6) is 11.5 Å². The van der Waals surface area contributed by atoms with Crippen molar-refractivity contribution < 1.29 is 19.1 Å². The summed E-state index contributed by atoms with van der Waals surface area (Å²) in [6.45, 7) is 3.28. The lowest BCUT2D eigenvalue weighted by molar-refractivity contribution is -0.114. The van der Waals surface area contributed by atoms with E-state index in [4.69, 9.17) is 9.47 Å². The number of carbonyl (C=O) groups is 2. The molecular formula is C25H27N3O4. The first-order valence-corrected chi connectivity index (χ1v) is 10.5. The van der Waals surface area contributed by atoms with Gasteiger partial charge in [0.15, 0.2) is 5.76 Å². The highest BCUT2D eigenvalue weighted by molar-refractivity contribution is 6.15. The van der Waals surface area contributed by atoms with Gasteiger partial charge < -0.3 is 24.3 Å². The third-order valence-electron chi connectivity index (χ3n) is 5.40. The van der Waals surface area contributed by atoms with Crippen molar-refractivity contribution in [3.8, 4) is 11.5 Å². The monoisotopic (exact) mass is 433 g/mol. The Bertz CT molecular complexity index is 1220. The highest BCUT2D eigenvalue weighted by Crippen LogP contribution is 2.35. The topological polar surface area (TPSA) is 72.8 Å². The standard InChI is InChI=1S/C25H27N3O4/c1-16(29)26-18-6-9-23-21(13-18)25(30)24(32-23)12-17-15-28(11-5-10-27(2)3)22-8-7-19(31-4)14-20(17)22/h6-9,12-15H,5,10-11H2,1-4H3,(H,26,29). The number of aryl methyl sites for hydroxylation is 1. The fourth-order valence-electron chi connectivity index (χ4n) is 3.90. The van der Waals surface area contributed by atoms with Crippen molar-refractivity contribution in [2.75, 3.05) is 33.1 Å². The number of hydrogen-bond acceptors (Lipinski definition) is 5. The molecule has 0 aliphatic carbocycles. The maximum absolute atomic E-state index is 13.0. The predicted molar refractivity (Wildman–Crippen MR) is 125 cm³/mol. The van der Waals surface area contributed by atoms with Gasteiger partial charge in [0.1, 0.15) is 11.5 Å². The summed E-state index contributed by atoms with van der Waals surface area (Å²) in [5.74, 6) is 1.11. The van der Waals surface area contributed by atoms with Crippen LogP contribution in [0, 0.1) is 0 Å². The van der Waals surface area contributed by atoms with E-state index in [1.165, 1.54) is 6.92 Å². The van der Waals surface area contributed by atoms with E-state index in [9.17, 15) is 9.59 Å². The van der Waals surface area contributed by atoms with Gasteiger partial charge in [0.05, 0.1) is 12.7 Å². The first-order valence-electron chi connectivity index (χ1n) is 10.5. The van der Waals surface area contributed by atoms with Crippen molar-refractivity contribution in [2.45, 2.75) is 19.9 Å². The van der Waals surface area contributed by atoms with Crippen LogP contribution in [0.4, 0.5) is 5.69 Å². The van der Waals surface area contributed by atoms with E-state index in [0.29, 0.717) is 17.0 Å². The minimum absolute atomic E-state index is 0.192. The molecule has 2 heterocycles. The molecule has 1 amide bonds. The van der Waals surface area contributed by atoms with Gasteiger partial charge in [0.25, 0.3) is 0 Å². The second kappa shape index (κ2) is 8.88. The minimum atomic E-state index is -0.205. The van der Waals surface area contributed by atoms with Crippen molar-refractivity contribution in [1.29, 1.82) is 0 Å². The lowest BCUT2D eigenvalue weighted by atomic mass is 10.1. The lowest BCUT2D eigenvalue weighted by Gasteiger charge is -2.10. The van der Waals surface area contributed by atoms with Crippen LogP contribution in [0.1, 0.15) is 29.3 Å². The number of aromatic nitrogens is 1. The maximum Gasteiger partial charge on any atom is 0.232 e. The number of carbonyl (C=O) groups excluding carboxylic acids is 2. The van der Waals surface area contributed by atoms with E-state index < -0.39 is 0 Å². The molecule has 32 heavy (non-hydrogen) atoms. The molecule has 7 nitrogen and oxygen atoms in total. The quantitative estimate of drug-likeness (QED) is 0.566. The summed E-state index contributed by atoms with van der Waals surface area (Å²) in [7, 11) is 5.76. The molecule has 3 aromatic rings. The van der Waals surface area contributed by atoms with Crippen molar-refractivity contribution in [3.63, 3.8) is 0 Å². The van der Waals surface area contributed by atoms with E-state index in [1.807, 2.05) is 18.2 Å². The fraction of sp³-hybridized carbons (Fsp3) is 0.280. The Hall–Kier alpha value is -3.58. The smallest absolute Gasteiger partial charge is 0.232 e. The maximum atomic E-state index is 13.0. The van der Waals surface area contributed by atoms with Gasteiger partial charge in [-0.15, -0.1) is 0 Å². The van der Waals surface area contributed by atoms with E-state index in [1.54, 1.807) is 31.4 Å². The lowest BCUT2D eigenvalue weighted by Crippen LogP contribution is -2.14. The number of benzene rings is 2. The molecule has 1 aromatic heterocycles. The molecule has 7 heteroatoms. The van der Waals surface area contributed by atoms with Gasteiger partial charge in [0, 0.05) is 41.8 Å². The zero-order chi connectivity index (χ0) is 22.8. The summed E-state index contributed by atoms with van der Waals surface area (Å²) in [4.78, 5) is 26.5. The molecule has 166 valence electrons. The Balaban J connectivity index is 1.69. The minimum Gasteiger partial charge on any atom is -0.497 e. The molecule has 0 saturated heterocycles. The van der Waals surface area contributed by atoms with E-state index in [2.05, 4.69) is 35.1 Å². The molecule has 0 saturated carbocycles. The average molecular weight is 434 g/mol. The van der Waals surface area contributed by atoms with Crippen molar-refractivity contribution in [1.82, 2.24) is 9.47 Å². The van der Waals surface area contributed by atoms with Gasteiger partial charge in [-0.25, -0.2) is 0 Å². The van der Waals surface area contributed by atoms with Crippen LogP contribution in [0.15, 0.2) is 48.4 Å². The van der Waals surface area contributed by atoms with Crippen LogP contribution in [-0.2, 0) is 11.3 Å². The predicted octanol–water partition coefficient (Wildman–Crippen LogP) is 4.18. The molecule has 1 N–H and O–H groups in total. The van der Waals surface area contributed by atoms with Gasteiger partial charge in [-0.05, 0) is 69.5 Å². The molecule has 0 unspecified atom stereocenters. The first-order chi connectivity index (χ1) is 15.4. The molecule has 2 aromatic carbocycles. The first kappa shape index (κ1) is 21.6. The number of anilines is 1. The number of amides is 1. The summed E-state index contributed by atoms with van der Waals surface area (Å²) in [5, 5.41) is 3.69. The SMILES string of the molecule is COc1ccc2c(c1)c(C=C1Oc3ccc(NC(C)=O)cc3C1=O)cn2CCCN(C)C. The molecule has 0 radical (unpaired) electrons. The normalized spacial score (nSPS) is 14.2. The Morgan fingerprint density at radius 2 is 2.03 bits per heavy atom. The average Bonchev–Trinajstić information content (AvgIpc) is 3.25. The summed E-state index contributed by atoms with van der Waals surface area (Å²) in [5.41, 5.74) is 2.97. The summed E-state index contributed by atoms with van der Waals surface area (Å²) in [6, 6.07) is 11.0. The van der Waals surface area contributed by atoms with Crippen molar-refractivity contribution in [2.24, 2.45) is 0 Å². The summed E-state index contributed by atoms with van der Waals surface area (Å²) >= 11 is 0. The number of allylic oxidation sites excluding steroid dienone is 1. The number of nitrogens with one attached hydrogen (secondary N) is 1. The van der Waals surface area contributed by atoms with Crippen molar-refractivity contribution >= 4 is 34.4 Å². The highest BCUT2D eigenvalue weighted by Gasteiger charge is 2.28. The Morgan fingerprint density at radius 3 is 2.75 bits per heavy atom. The third-order valence-corrected chi connectivity index (χ3v) is 5.40. The Morgan fingerprint density at radius 1 is 1.22 bits per heavy atom. The van der Waals surface area contributed by atoms with Gasteiger partial charge in [-0.3, -0.25) is 9.59 Å². The molecule has 0 bridgehead atoms. The second-order valence-corrected chi connectivity index (χ2v) is 8.15. The molecule has 4 rings (SSSR count). The van der Waals surface area contributed by atoms with Gasteiger partial charge in [-0.1, -0.05) is 0 Å². The summed E-state index contributed by atoms with van der Waals surface area (Å²) in [6.07, 6.45) is 4.84. The zero-order valence-electron chi connectivity index (χ0n) is 18.8. The van der Waals surface area contributed by atoms with Gasteiger partial charge >= 0.3 is 0 Å². The molecular weight excluding hydrogens is 406 g/mol. The Kier molecular flexibility index (Phi) is 6.01. The number of nitrogens with zero attached hydrogens (tertiary/aromatic N) is 2. The van der Waals surface area contributed by atoms with E-state index >= 15 is 0 Å².